The summed E-state index contributed by atoms with van der Waals surface area (Å²) >= 11 is 0. The lowest BCUT2D eigenvalue weighted by atomic mass is 10.1. The van der Waals surface area contributed by atoms with Gasteiger partial charge < -0.3 is 15.6 Å². The molecule has 2 amide bonds. The summed E-state index contributed by atoms with van der Waals surface area (Å²) < 4.78 is 0. The fourth-order valence-electron chi connectivity index (χ4n) is 1.93. The Balaban J connectivity index is 2.24. The van der Waals surface area contributed by atoms with Crippen LogP contribution in [0.2, 0.25) is 0 Å². The summed E-state index contributed by atoms with van der Waals surface area (Å²) in [6.07, 6.45) is 1.49. The van der Waals surface area contributed by atoms with Crippen LogP contribution >= 0.6 is 0 Å². The van der Waals surface area contributed by atoms with Crippen molar-refractivity contribution in [2.24, 2.45) is 0 Å². The Bertz CT molecular complexity index is 750. The van der Waals surface area contributed by atoms with Gasteiger partial charge in [-0.1, -0.05) is 6.07 Å². The Morgan fingerprint density at radius 2 is 1.76 bits per heavy atom. The molecule has 6 heteroatoms. The van der Waals surface area contributed by atoms with Gasteiger partial charge in [0.25, 0.3) is 11.5 Å². The van der Waals surface area contributed by atoms with Gasteiger partial charge in [0.1, 0.15) is 5.56 Å². The average molecular weight is 285 g/mol. The first-order valence-electron chi connectivity index (χ1n) is 6.34. The van der Waals surface area contributed by atoms with Crippen molar-refractivity contribution in [2.75, 3.05) is 10.6 Å². The number of aromatic nitrogens is 1. The van der Waals surface area contributed by atoms with Crippen molar-refractivity contribution in [3.05, 3.63) is 58.0 Å². The van der Waals surface area contributed by atoms with Crippen molar-refractivity contribution >= 4 is 23.2 Å². The quantitative estimate of drug-likeness (QED) is 0.804. The molecule has 0 saturated carbocycles. The predicted molar refractivity (Wildman–Crippen MR) is 80.5 cm³/mol. The van der Waals surface area contributed by atoms with Crippen LogP contribution in [0.1, 0.15) is 22.8 Å². The molecule has 108 valence electrons. The number of amides is 2. The van der Waals surface area contributed by atoms with Crippen molar-refractivity contribution in [3.8, 4) is 0 Å². The van der Waals surface area contributed by atoms with Crippen LogP contribution in [-0.2, 0) is 4.79 Å². The minimum Gasteiger partial charge on any atom is -0.328 e. The second-order valence-electron chi connectivity index (χ2n) is 4.58. The van der Waals surface area contributed by atoms with Crippen LogP contribution in [-0.4, -0.2) is 16.8 Å². The summed E-state index contributed by atoms with van der Waals surface area (Å²) in [6.45, 7) is 3.09. The van der Waals surface area contributed by atoms with E-state index in [4.69, 9.17) is 0 Å². The maximum absolute atomic E-state index is 12.2. The zero-order valence-corrected chi connectivity index (χ0v) is 11.7. The minimum absolute atomic E-state index is 0.0717. The number of aryl methyl sites for hydroxylation is 1. The Morgan fingerprint density at radius 3 is 2.38 bits per heavy atom. The molecule has 1 heterocycles. The first-order chi connectivity index (χ1) is 9.97. The van der Waals surface area contributed by atoms with Crippen molar-refractivity contribution in [3.63, 3.8) is 0 Å². The van der Waals surface area contributed by atoms with Crippen molar-refractivity contribution in [1.82, 2.24) is 4.98 Å². The lowest BCUT2D eigenvalue weighted by Crippen LogP contribution is -2.24. The van der Waals surface area contributed by atoms with E-state index in [9.17, 15) is 14.4 Å². The molecule has 1 aromatic heterocycles. The van der Waals surface area contributed by atoms with E-state index < -0.39 is 11.5 Å². The number of hydrogen-bond donors (Lipinski definition) is 3. The molecule has 21 heavy (non-hydrogen) atoms. The SMILES string of the molecule is CC(=O)Nc1cccc(NC(=O)c2c(C)cc[nH]c2=O)c1. The van der Waals surface area contributed by atoms with Crippen molar-refractivity contribution < 1.29 is 9.59 Å². The summed E-state index contributed by atoms with van der Waals surface area (Å²) in [5.41, 5.74) is 1.29. The fourth-order valence-corrected chi connectivity index (χ4v) is 1.93. The van der Waals surface area contributed by atoms with E-state index in [1.807, 2.05) is 0 Å². The number of aromatic amines is 1. The highest BCUT2D eigenvalue weighted by atomic mass is 16.2. The fraction of sp³-hybridized carbons (Fsp3) is 0.133. The molecule has 0 unspecified atom stereocenters. The van der Waals surface area contributed by atoms with Crippen LogP contribution in [0.15, 0.2) is 41.3 Å². The topological polar surface area (TPSA) is 91.1 Å². The molecule has 2 aromatic rings. The summed E-state index contributed by atoms with van der Waals surface area (Å²) in [7, 11) is 0. The van der Waals surface area contributed by atoms with E-state index in [1.54, 1.807) is 37.3 Å². The van der Waals surface area contributed by atoms with Crippen molar-refractivity contribution in [2.45, 2.75) is 13.8 Å². The van der Waals surface area contributed by atoms with Gasteiger partial charge in [0, 0.05) is 24.5 Å². The van der Waals surface area contributed by atoms with Crippen molar-refractivity contribution in [1.29, 1.82) is 0 Å². The van der Waals surface area contributed by atoms with Crippen LogP contribution < -0.4 is 16.2 Å². The van der Waals surface area contributed by atoms with Crippen LogP contribution in [0.5, 0.6) is 0 Å². The molecule has 0 aliphatic heterocycles. The highest BCUT2D eigenvalue weighted by Crippen LogP contribution is 2.16. The molecule has 3 N–H and O–H groups in total. The Hall–Kier alpha value is -2.89. The standard InChI is InChI=1S/C15H15N3O3/c1-9-6-7-16-14(20)13(9)15(21)18-12-5-3-4-11(8-12)17-10(2)19/h3-8H,1-2H3,(H,16,20)(H,17,19)(H,18,21). The van der Waals surface area contributed by atoms with E-state index in [0.717, 1.165) is 0 Å². The predicted octanol–water partition coefficient (Wildman–Crippen LogP) is 1.89. The molecular weight excluding hydrogens is 270 g/mol. The second kappa shape index (κ2) is 6.04. The molecule has 0 aliphatic rings. The van der Waals surface area contributed by atoms with Gasteiger partial charge in [-0.15, -0.1) is 0 Å². The van der Waals surface area contributed by atoms with E-state index in [0.29, 0.717) is 16.9 Å². The first kappa shape index (κ1) is 14.5. The van der Waals surface area contributed by atoms with Crippen LogP contribution in [0, 0.1) is 6.92 Å². The Morgan fingerprint density at radius 1 is 1.10 bits per heavy atom. The number of carbonyl (C=O) groups excluding carboxylic acids is 2. The number of H-pyrrole nitrogens is 1. The monoisotopic (exact) mass is 285 g/mol. The van der Waals surface area contributed by atoms with E-state index in [-0.39, 0.29) is 11.5 Å². The summed E-state index contributed by atoms with van der Waals surface area (Å²) in [4.78, 5) is 37.4. The van der Waals surface area contributed by atoms with Gasteiger partial charge in [0.2, 0.25) is 5.91 Å². The van der Waals surface area contributed by atoms with E-state index in [2.05, 4.69) is 15.6 Å². The second-order valence-corrected chi connectivity index (χ2v) is 4.58. The van der Waals surface area contributed by atoms with Crippen LogP contribution in [0.3, 0.4) is 0 Å². The Kier molecular flexibility index (Phi) is 4.18. The lowest BCUT2D eigenvalue weighted by molar-refractivity contribution is -0.114. The zero-order chi connectivity index (χ0) is 15.4. The summed E-state index contributed by atoms with van der Waals surface area (Å²) in [5.74, 6) is -0.692. The number of hydrogen-bond acceptors (Lipinski definition) is 3. The number of carbonyl (C=O) groups is 2. The normalized spacial score (nSPS) is 10.0. The number of anilines is 2. The average Bonchev–Trinajstić information content (AvgIpc) is 2.37. The maximum atomic E-state index is 12.2. The third-order valence-corrected chi connectivity index (χ3v) is 2.84. The van der Waals surface area contributed by atoms with Gasteiger partial charge in [0.05, 0.1) is 0 Å². The third kappa shape index (κ3) is 3.56. The molecule has 0 saturated heterocycles. The van der Waals surface area contributed by atoms with Gasteiger partial charge in [0.15, 0.2) is 0 Å². The zero-order valence-electron chi connectivity index (χ0n) is 11.7. The first-order valence-corrected chi connectivity index (χ1v) is 6.34. The Labute approximate surface area is 121 Å². The van der Waals surface area contributed by atoms with E-state index >= 15 is 0 Å². The van der Waals surface area contributed by atoms with Gasteiger partial charge in [-0.3, -0.25) is 14.4 Å². The summed E-state index contributed by atoms with van der Waals surface area (Å²) in [6, 6.07) is 8.35. The molecule has 0 aliphatic carbocycles. The third-order valence-electron chi connectivity index (χ3n) is 2.84. The molecular formula is C15H15N3O3. The van der Waals surface area contributed by atoms with Gasteiger partial charge in [-0.25, -0.2) is 0 Å². The number of rotatable bonds is 3. The summed E-state index contributed by atoms with van der Waals surface area (Å²) in [5, 5.41) is 5.27. The number of nitrogens with one attached hydrogen (secondary N) is 3. The molecule has 0 atom stereocenters. The largest absolute Gasteiger partial charge is 0.328 e. The van der Waals surface area contributed by atoms with Gasteiger partial charge in [-0.05, 0) is 36.8 Å². The highest BCUT2D eigenvalue weighted by Gasteiger charge is 2.13. The molecule has 0 bridgehead atoms. The van der Waals surface area contributed by atoms with Crippen LogP contribution in [0.4, 0.5) is 11.4 Å². The molecule has 6 nitrogen and oxygen atoms in total. The molecule has 1 aromatic carbocycles. The highest BCUT2D eigenvalue weighted by molar-refractivity contribution is 6.05. The molecule has 0 fully saturated rings. The molecule has 0 spiro atoms. The van der Waals surface area contributed by atoms with Gasteiger partial charge in [-0.2, -0.15) is 0 Å². The molecule has 0 radical (unpaired) electrons. The number of pyridine rings is 1. The van der Waals surface area contributed by atoms with E-state index in [1.165, 1.54) is 13.1 Å². The minimum atomic E-state index is -0.491. The smallest absolute Gasteiger partial charge is 0.261 e. The lowest BCUT2D eigenvalue weighted by Gasteiger charge is -2.08. The maximum Gasteiger partial charge on any atom is 0.261 e. The number of benzene rings is 1. The van der Waals surface area contributed by atoms with Gasteiger partial charge >= 0.3 is 0 Å². The van der Waals surface area contributed by atoms with Crippen LogP contribution in [0.25, 0.3) is 0 Å². The molecule has 2 rings (SSSR count).